The van der Waals surface area contributed by atoms with E-state index in [1.807, 2.05) is 44.2 Å². The average Bonchev–Trinajstić information content (AvgIpc) is 3.43. The fraction of sp³-hybridized carbons (Fsp3) is 0.111. The van der Waals surface area contributed by atoms with Crippen molar-refractivity contribution in [2.24, 2.45) is 10.2 Å². The van der Waals surface area contributed by atoms with Gasteiger partial charge in [-0.1, -0.05) is 66.7 Å². The zero-order valence-electron chi connectivity index (χ0n) is 19.9. The highest BCUT2D eigenvalue weighted by atomic mass is 32.1. The maximum absolute atomic E-state index is 13.6. The van der Waals surface area contributed by atoms with Crippen LogP contribution in [0.25, 0.3) is 11.3 Å². The molecule has 3 aromatic carbocycles. The Hall–Kier alpha value is -4.70. The minimum absolute atomic E-state index is 0.00346. The molecule has 0 saturated carbocycles. The number of para-hydroxylation sites is 2. The highest BCUT2D eigenvalue weighted by Crippen LogP contribution is 2.37. The van der Waals surface area contributed by atoms with Crippen LogP contribution in [0.2, 0.25) is 0 Å². The first-order valence-corrected chi connectivity index (χ1v) is 12.1. The van der Waals surface area contributed by atoms with Gasteiger partial charge < -0.3 is 5.11 Å². The number of carboxylic acids is 1. The Morgan fingerprint density at radius 3 is 1.86 bits per heavy atom. The number of anilines is 2. The van der Waals surface area contributed by atoms with Crippen molar-refractivity contribution in [2.45, 2.75) is 19.9 Å². The first kappa shape index (κ1) is 24.0. The maximum atomic E-state index is 13.6. The molecule has 10 heteroatoms. The third-order valence-electron chi connectivity index (χ3n) is 5.97. The van der Waals surface area contributed by atoms with Crippen molar-refractivity contribution in [2.75, 3.05) is 10.0 Å². The number of carbonyl (C=O) groups is 3. The molecule has 1 fully saturated rings. The zero-order chi connectivity index (χ0) is 26.1. The van der Waals surface area contributed by atoms with Gasteiger partial charge in [-0.3, -0.25) is 9.59 Å². The van der Waals surface area contributed by atoms with Gasteiger partial charge in [-0.05, 0) is 48.6 Å². The molecule has 184 valence electrons. The van der Waals surface area contributed by atoms with Crippen LogP contribution in [0.4, 0.5) is 16.4 Å². The second-order valence-corrected chi connectivity index (χ2v) is 9.13. The molecular weight excluding hydrogens is 490 g/mol. The molecule has 0 aliphatic carbocycles. The van der Waals surface area contributed by atoms with Crippen molar-refractivity contribution in [1.82, 2.24) is 4.37 Å². The van der Waals surface area contributed by atoms with E-state index < -0.39 is 23.8 Å². The summed E-state index contributed by atoms with van der Waals surface area (Å²) in [6, 6.07) is 21.8. The Morgan fingerprint density at radius 1 is 0.838 bits per heavy atom. The number of benzene rings is 3. The fourth-order valence-corrected chi connectivity index (χ4v) is 4.87. The number of hydrazine groups is 1. The largest absolute Gasteiger partial charge is 0.478 e. The van der Waals surface area contributed by atoms with E-state index in [1.54, 1.807) is 48.5 Å². The lowest BCUT2D eigenvalue weighted by molar-refractivity contribution is -0.123. The van der Waals surface area contributed by atoms with Gasteiger partial charge in [0.1, 0.15) is 11.3 Å². The number of hydrogen-bond acceptors (Lipinski definition) is 7. The van der Waals surface area contributed by atoms with E-state index in [4.69, 9.17) is 0 Å². The molecule has 1 aliphatic heterocycles. The zero-order valence-corrected chi connectivity index (χ0v) is 20.7. The standard InChI is InChI=1S/C27H21N5O4S/c1-16-10-6-8-14-19(16)31-25(33)23(26(34)32(31)20-15-9-7-11-17(20)2)28-29-24-21(27(35)36)22(30-37-24)18-12-4-3-5-13-18/h3-15,23H,1-2H3,(H,35,36). The van der Waals surface area contributed by atoms with E-state index in [0.29, 0.717) is 16.9 Å². The lowest BCUT2D eigenvalue weighted by Gasteiger charge is -2.29. The summed E-state index contributed by atoms with van der Waals surface area (Å²) < 4.78 is 4.26. The Bertz CT molecular complexity index is 1490. The molecule has 1 aromatic heterocycles. The molecule has 2 amide bonds. The van der Waals surface area contributed by atoms with E-state index >= 15 is 0 Å². The molecule has 0 bridgehead atoms. The Morgan fingerprint density at radius 2 is 1.35 bits per heavy atom. The van der Waals surface area contributed by atoms with Crippen LogP contribution in [0, 0.1) is 13.8 Å². The third-order valence-corrected chi connectivity index (χ3v) is 6.70. The summed E-state index contributed by atoms with van der Waals surface area (Å²) in [7, 11) is 0. The average molecular weight is 512 g/mol. The number of hydrogen-bond donors (Lipinski definition) is 1. The van der Waals surface area contributed by atoms with Gasteiger partial charge in [0.15, 0.2) is 5.00 Å². The Labute approximate surface area is 216 Å². The van der Waals surface area contributed by atoms with Gasteiger partial charge in [-0.25, -0.2) is 14.8 Å². The number of rotatable bonds is 6. The van der Waals surface area contributed by atoms with Gasteiger partial charge in [0.25, 0.3) is 11.8 Å². The molecule has 1 aliphatic rings. The predicted octanol–water partition coefficient (Wildman–Crippen LogP) is 5.57. The van der Waals surface area contributed by atoms with Gasteiger partial charge in [0.2, 0.25) is 6.04 Å². The summed E-state index contributed by atoms with van der Waals surface area (Å²) in [5.41, 5.74) is 3.39. The van der Waals surface area contributed by atoms with Crippen LogP contribution in [-0.2, 0) is 9.59 Å². The lowest BCUT2D eigenvalue weighted by Crippen LogP contribution is -2.42. The minimum Gasteiger partial charge on any atom is -0.478 e. The second-order valence-electron chi connectivity index (χ2n) is 8.37. The van der Waals surface area contributed by atoms with Crippen molar-refractivity contribution in [3.63, 3.8) is 0 Å². The van der Waals surface area contributed by atoms with Gasteiger partial charge in [0.05, 0.1) is 11.4 Å². The number of carboxylic acid groups (broad SMARTS) is 1. The van der Waals surface area contributed by atoms with E-state index in [9.17, 15) is 19.5 Å². The van der Waals surface area contributed by atoms with Crippen LogP contribution >= 0.6 is 11.5 Å². The first-order chi connectivity index (χ1) is 17.9. The predicted molar refractivity (Wildman–Crippen MR) is 140 cm³/mol. The van der Waals surface area contributed by atoms with Crippen LogP contribution in [0.3, 0.4) is 0 Å². The molecule has 37 heavy (non-hydrogen) atoms. The molecule has 1 saturated heterocycles. The van der Waals surface area contributed by atoms with Crippen molar-refractivity contribution in [3.8, 4) is 11.3 Å². The van der Waals surface area contributed by atoms with Crippen LogP contribution in [0.15, 0.2) is 89.1 Å². The SMILES string of the molecule is Cc1ccccc1N1C(=O)C(N=Nc2snc(-c3ccccc3)c2C(=O)O)C(=O)N1c1ccccc1C. The highest BCUT2D eigenvalue weighted by molar-refractivity contribution is 7.10. The topological polar surface area (TPSA) is 116 Å². The number of aromatic carboxylic acids is 1. The summed E-state index contributed by atoms with van der Waals surface area (Å²) in [6.45, 7) is 3.69. The molecule has 2 heterocycles. The van der Waals surface area contributed by atoms with Crippen LogP contribution in [-0.4, -0.2) is 33.3 Å². The molecule has 0 atom stereocenters. The van der Waals surface area contributed by atoms with E-state index in [2.05, 4.69) is 14.6 Å². The second kappa shape index (κ2) is 9.75. The van der Waals surface area contributed by atoms with Crippen LogP contribution < -0.4 is 10.0 Å². The van der Waals surface area contributed by atoms with Gasteiger partial charge in [0, 0.05) is 5.56 Å². The van der Waals surface area contributed by atoms with Crippen LogP contribution in [0.5, 0.6) is 0 Å². The number of azo groups is 1. The number of aromatic nitrogens is 1. The first-order valence-electron chi connectivity index (χ1n) is 11.4. The van der Waals surface area contributed by atoms with E-state index in [-0.39, 0.29) is 16.3 Å². The lowest BCUT2D eigenvalue weighted by atomic mass is 10.1. The van der Waals surface area contributed by atoms with E-state index in [1.165, 1.54) is 10.0 Å². The summed E-state index contributed by atoms with van der Waals surface area (Å²) >= 11 is 0.843. The summed E-state index contributed by atoms with van der Waals surface area (Å²) in [5, 5.41) is 20.6. The third kappa shape index (κ3) is 4.27. The van der Waals surface area contributed by atoms with E-state index in [0.717, 1.165) is 22.7 Å². The van der Waals surface area contributed by atoms with Crippen molar-refractivity contribution in [3.05, 3.63) is 95.6 Å². The summed E-state index contributed by atoms with van der Waals surface area (Å²) in [6.07, 6.45) is 0. The number of aryl methyl sites for hydroxylation is 2. The summed E-state index contributed by atoms with van der Waals surface area (Å²) in [4.78, 5) is 39.3. The van der Waals surface area contributed by atoms with Gasteiger partial charge in [-0.15, -0.1) is 5.11 Å². The highest BCUT2D eigenvalue weighted by Gasteiger charge is 2.48. The fourth-order valence-electron chi connectivity index (χ4n) is 4.13. The van der Waals surface area contributed by atoms with Gasteiger partial charge >= 0.3 is 5.97 Å². The van der Waals surface area contributed by atoms with Crippen LogP contribution in [0.1, 0.15) is 21.5 Å². The molecule has 5 rings (SSSR count). The molecule has 1 N–H and O–H groups in total. The van der Waals surface area contributed by atoms with Crippen molar-refractivity contribution in [1.29, 1.82) is 0 Å². The number of amides is 2. The van der Waals surface area contributed by atoms with Crippen molar-refractivity contribution < 1.29 is 19.5 Å². The molecule has 0 radical (unpaired) electrons. The normalized spacial score (nSPS) is 14.2. The minimum atomic E-state index is -1.48. The van der Waals surface area contributed by atoms with Crippen molar-refractivity contribution >= 4 is 45.7 Å². The number of nitrogens with zero attached hydrogens (tertiary/aromatic N) is 5. The van der Waals surface area contributed by atoms with Gasteiger partial charge in [-0.2, -0.15) is 9.49 Å². The summed E-state index contributed by atoms with van der Waals surface area (Å²) in [5.74, 6) is -2.40. The maximum Gasteiger partial charge on any atom is 0.341 e. The Balaban J connectivity index is 1.57. The molecule has 9 nitrogen and oxygen atoms in total. The molecule has 0 spiro atoms. The Kier molecular flexibility index (Phi) is 6.33. The molecule has 4 aromatic rings. The monoisotopic (exact) mass is 511 g/mol. The molecular formula is C27H21N5O4S. The quantitative estimate of drug-likeness (QED) is 0.268. The smallest absolute Gasteiger partial charge is 0.341 e. The molecule has 0 unspecified atom stereocenters. The number of carbonyl (C=O) groups excluding carboxylic acids is 2.